The average Bonchev–Trinajstić information content (AvgIpc) is 2.63. The normalized spacial score (nSPS) is 21.6. The van der Waals surface area contributed by atoms with E-state index in [1.165, 1.54) is 0 Å². The van der Waals surface area contributed by atoms with Crippen LogP contribution in [0, 0.1) is 5.92 Å². The predicted octanol–water partition coefficient (Wildman–Crippen LogP) is 2.30. The number of aromatic nitrogens is 2. The van der Waals surface area contributed by atoms with E-state index in [9.17, 15) is 4.79 Å². The van der Waals surface area contributed by atoms with Gasteiger partial charge in [-0.15, -0.1) is 0 Å². The Morgan fingerprint density at radius 2 is 2.00 bits per heavy atom. The fourth-order valence-corrected chi connectivity index (χ4v) is 3.40. The summed E-state index contributed by atoms with van der Waals surface area (Å²) < 4.78 is 0. The molecule has 1 aromatic heterocycles. The van der Waals surface area contributed by atoms with Crippen molar-refractivity contribution in [3.05, 3.63) is 24.5 Å². The third-order valence-electron chi connectivity index (χ3n) is 4.89. The van der Waals surface area contributed by atoms with Crippen LogP contribution in [0.5, 0.6) is 0 Å². The quantitative estimate of drug-likeness (QED) is 0.859. The monoisotopic (exact) mass is 329 g/mol. The van der Waals surface area contributed by atoms with Crippen molar-refractivity contribution in [1.82, 2.24) is 14.9 Å². The molecule has 2 heterocycles. The van der Waals surface area contributed by atoms with E-state index in [4.69, 9.17) is 0 Å². The standard InChI is InChI=1S/C18H27N5O/c1-22(2)17-12-16(19-13-20-17)21-15-8-10-23(11-9-15)18(24)14-6-4-3-5-7-14/h3-4,12-15H,5-11H2,1-2H3,(H,19,20,21). The second kappa shape index (κ2) is 7.64. The van der Waals surface area contributed by atoms with Gasteiger partial charge in [0.25, 0.3) is 0 Å². The Labute approximate surface area is 144 Å². The maximum Gasteiger partial charge on any atom is 0.226 e. The molecule has 130 valence electrons. The van der Waals surface area contributed by atoms with E-state index in [0.29, 0.717) is 11.9 Å². The van der Waals surface area contributed by atoms with Crippen molar-refractivity contribution in [3.8, 4) is 0 Å². The van der Waals surface area contributed by atoms with E-state index in [1.54, 1.807) is 6.33 Å². The summed E-state index contributed by atoms with van der Waals surface area (Å²) in [5.41, 5.74) is 0. The third kappa shape index (κ3) is 4.04. The summed E-state index contributed by atoms with van der Waals surface area (Å²) in [6.45, 7) is 1.67. The lowest BCUT2D eigenvalue weighted by atomic mass is 9.92. The highest BCUT2D eigenvalue weighted by Gasteiger charge is 2.28. The molecule has 0 saturated carbocycles. The summed E-state index contributed by atoms with van der Waals surface area (Å²) in [6, 6.07) is 2.33. The van der Waals surface area contributed by atoms with Gasteiger partial charge in [0.05, 0.1) is 0 Å². The topological polar surface area (TPSA) is 61.4 Å². The van der Waals surface area contributed by atoms with Crippen LogP contribution < -0.4 is 10.2 Å². The Balaban J connectivity index is 1.51. The molecule has 0 spiro atoms. The number of nitrogens with one attached hydrogen (secondary N) is 1. The Morgan fingerprint density at radius 3 is 2.67 bits per heavy atom. The molecule has 1 N–H and O–H groups in total. The molecule has 2 aliphatic rings. The molecule has 1 atom stereocenters. The molecule has 1 aromatic rings. The molecular formula is C18H27N5O. The molecular weight excluding hydrogens is 302 g/mol. The zero-order chi connectivity index (χ0) is 16.9. The molecule has 0 bridgehead atoms. The van der Waals surface area contributed by atoms with Gasteiger partial charge < -0.3 is 15.1 Å². The van der Waals surface area contributed by atoms with Crippen molar-refractivity contribution in [2.75, 3.05) is 37.4 Å². The van der Waals surface area contributed by atoms with E-state index in [2.05, 4.69) is 27.4 Å². The summed E-state index contributed by atoms with van der Waals surface area (Å²) in [5, 5.41) is 3.49. The number of rotatable bonds is 4. The second-order valence-corrected chi connectivity index (χ2v) is 6.88. The van der Waals surface area contributed by atoms with Crippen LogP contribution in [0.3, 0.4) is 0 Å². The van der Waals surface area contributed by atoms with Crippen molar-refractivity contribution in [2.24, 2.45) is 5.92 Å². The van der Waals surface area contributed by atoms with Gasteiger partial charge in [0.1, 0.15) is 18.0 Å². The van der Waals surface area contributed by atoms with Crippen LogP contribution in [0.15, 0.2) is 24.5 Å². The highest BCUT2D eigenvalue weighted by molar-refractivity contribution is 5.79. The number of amides is 1. The minimum atomic E-state index is 0.198. The number of carbonyl (C=O) groups excluding carboxylic acids is 1. The molecule has 1 amide bonds. The summed E-state index contributed by atoms with van der Waals surface area (Å²) in [6.07, 6.45) is 10.8. The van der Waals surface area contributed by atoms with Gasteiger partial charge in [-0.2, -0.15) is 0 Å². The zero-order valence-electron chi connectivity index (χ0n) is 14.6. The van der Waals surface area contributed by atoms with Crippen molar-refractivity contribution in [3.63, 3.8) is 0 Å². The number of allylic oxidation sites excluding steroid dienone is 2. The highest BCUT2D eigenvalue weighted by Crippen LogP contribution is 2.23. The fourth-order valence-electron chi connectivity index (χ4n) is 3.40. The maximum absolute atomic E-state index is 12.6. The first-order valence-corrected chi connectivity index (χ1v) is 8.83. The number of nitrogens with zero attached hydrogens (tertiary/aromatic N) is 4. The van der Waals surface area contributed by atoms with Crippen LogP contribution in [0.1, 0.15) is 32.1 Å². The lowest BCUT2D eigenvalue weighted by Gasteiger charge is -2.35. The van der Waals surface area contributed by atoms with E-state index in [0.717, 1.165) is 56.8 Å². The minimum absolute atomic E-state index is 0.198. The molecule has 24 heavy (non-hydrogen) atoms. The number of likely N-dealkylation sites (tertiary alicyclic amines) is 1. The molecule has 0 radical (unpaired) electrons. The molecule has 1 fully saturated rings. The van der Waals surface area contributed by atoms with E-state index >= 15 is 0 Å². The Morgan fingerprint density at radius 1 is 1.21 bits per heavy atom. The number of anilines is 2. The predicted molar refractivity (Wildman–Crippen MR) is 96.1 cm³/mol. The second-order valence-electron chi connectivity index (χ2n) is 6.88. The molecule has 0 aromatic carbocycles. The summed E-state index contributed by atoms with van der Waals surface area (Å²) in [4.78, 5) is 25.1. The molecule has 6 nitrogen and oxygen atoms in total. The Kier molecular flexibility index (Phi) is 5.33. The van der Waals surface area contributed by atoms with Gasteiger partial charge in [-0.3, -0.25) is 4.79 Å². The first-order chi connectivity index (χ1) is 11.6. The minimum Gasteiger partial charge on any atom is -0.367 e. The fraction of sp³-hybridized carbons (Fsp3) is 0.611. The van der Waals surface area contributed by atoms with Gasteiger partial charge in [0.15, 0.2) is 0 Å². The van der Waals surface area contributed by atoms with Gasteiger partial charge in [-0.05, 0) is 32.1 Å². The van der Waals surface area contributed by atoms with Crippen molar-refractivity contribution >= 4 is 17.5 Å². The number of piperidine rings is 1. The Hall–Kier alpha value is -2.11. The van der Waals surface area contributed by atoms with Gasteiger partial charge in [0, 0.05) is 45.2 Å². The molecule has 3 rings (SSSR count). The van der Waals surface area contributed by atoms with Gasteiger partial charge in [-0.25, -0.2) is 9.97 Å². The van der Waals surface area contributed by atoms with Crippen LogP contribution in [0.2, 0.25) is 0 Å². The largest absolute Gasteiger partial charge is 0.367 e. The Bertz CT molecular complexity index is 593. The highest BCUT2D eigenvalue weighted by atomic mass is 16.2. The van der Waals surface area contributed by atoms with Gasteiger partial charge >= 0.3 is 0 Å². The number of hydrogen-bond acceptors (Lipinski definition) is 5. The molecule has 1 unspecified atom stereocenters. The maximum atomic E-state index is 12.6. The molecule has 1 saturated heterocycles. The number of hydrogen-bond donors (Lipinski definition) is 1. The lowest BCUT2D eigenvalue weighted by Crippen LogP contribution is -2.45. The summed E-state index contributed by atoms with van der Waals surface area (Å²) >= 11 is 0. The smallest absolute Gasteiger partial charge is 0.226 e. The first-order valence-electron chi connectivity index (χ1n) is 8.83. The lowest BCUT2D eigenvalue weighted by molar-refractivity contribution is -0.136. The van der Waals surface area contributed by atoms with Gasteiger partial charge in [-0.1, -0.05) is 12.2 Å². The SMILES string of the molecule is CN(C)c1cc(NC2CCN(C(=O)C3CC=CCC3)CC2)ncn1. The van der Waals surface area contributed by atoms with Crippen LogP contribution in [-0.4, -0.2) is 54.0 Å². The first kappa shape index (κ1) is 16.7. The summed E-state index contributed by atoms with van der Waals surface area (Å²) in [7, 11) is 3.94. The van der Waals surface area contributed by atoms with E-state index in [1.807, 2.05) is 30.0 Å². The third-order valence-corrected chi connectivity index (χ3v) is 4.89. The zero-order valence-corrected chi connectivity index (χ0v) is 14.6. The number of carbonyl (C=O) groups is 1. The van der Waals surface area contributed by atoms with Crippen molar-refractivity contribution in [1.29, 1.82) is 0 Å². The van der Waals surface area contributed by atoms with E-state index < -0.39 is 0 Å². The average molecular weight is 329 g/mol. The van der Waals surface area contributed by atoms with Crippen LogP contribution in [-0.2, 0) is 4.79 Å². The molecule has 6 heteroatoms. The summed E-state index contributed by atoms with van der Waals surface area (Å²) in [5.74, 6) is 2.29. The van der Waals surface area contributed by atoms with Crippen LogP contribution in [0.25, 0.3) is 0 Å². The molecule has 1 aliphatic heterocycles. The van der Waals surface area contributed by atoms with Crippen molar-refractivity contribution < 1.29 is 4.79 Å². The van der Waals surface area contributed by atoms with Gasteiger partial charge in [0.2, 0.25) is 5.91 Å². The van der Waals surface area contributed by atoms with Crippen molar-refractivity contribution in [2.45, 2.75) is 38.1 Å². The van der Waals surface area contributed by atoms with Crippen LogP contribution >= 0.6 is 0 Å². The van der Waals surface area contributed by atoms with Crippen LogP contribution in [0.4, 0.5) is 11.6 Å². The van der Waals surface area contributed by atoms with E-state index in [-0.39, 0.29) is 5.92 Å². The molecule has 1 aliphatic carbocycles.